The van der Waals surface area contributed by atoms with Gasteiger partial charge in [0, 0.05) is 35.7 Å². The van der Waals surface area contributed by atoms with E-state index < -0.39 is 23.1 Å². The molecule has 0 saturated heterocycles. The molecule has 0 spiro atoms. The first-order valence-corrected chi connectivity index (χ1v) is 9.40. The van der Waals surface area contributed by atoms with Gasteiger partial charge < -0.3 is 9.47 Å². The van der Waals surface area contributed by atoms with E-state index in [1.54, 1.807) is 35.3 Å². The number of esters is 2. The Morgan fingerprint density at radius 1 is 0.862 bits per heavy atom. The van der Waals surface area contributed by atoms with Gasteiger partial charge in [0.25, 0.3) is 0 Å². The Hall–Kier alpha value is -3.15. The molecule has 0 aliphatic rings. The third kappa shape index (κ3) is 7.41. The fourth-order valence-corrected chi connectivity index (χ4v) is 2.50. The van der Waals surface area contributed by atoms with Crippen molar-refractivity contribution < 1.29 is 19.1 Å². The maximum atomic E-state index is 12.1. The zero-order valence-corrected chi connectivity index (χ0v) is 17.8. The monoisotopic (exact) mass is 396 g/mol. The van der Waals surface area contributed by atoms with Gasteiger partial charge in [0.2, 0.25) is 0 Å². The van der Waals surface area contributed by atoms with Crippen LogP contribution in [0.25, 0.3) is 17.8 Å². The van der Waals surface area contributed by atoms with Gasteiger partial charge in [-0.05, 0) is 59.8 Å². The second-order valence-corrected chi connectivity index (χ2v) is 8.47. The molecule has 2 aromatic rings. The van der Waals surface area contributed by atoms with E-state index in [1.807, 2.05) is 59.7 Å². The number of hydrogen-bond donors (Lipinski definition) is 0. The summed E-state index contributed by atoms with van der Waals surface area (Å²) in [6.07, 6.45) is 9.58. The molecule has 0 aliphatic carbocycles. The molecular formula is C23H28N2O4. The van der Waals surface area contributed by atoms with Gasteiger partial charge in [-0.1, -0.05) is 18.2 Å². The Balaban J connectivity index is 2.37. The number of hydrogen-bond acceptors (Lipinski definition) is 5. The lowest BCUT2D eigenvalue weighted by molar-refractivity contribution is -0.149. The van der Waals surface area contributed by atoms with Crippen molar-refractivity contribution in [3.05, 3.63) is 59.9 Å². The Morgan fingerprint density at radius 3 is 1.72 bits per heavy atom. The molecule has 0 fully saturated rings. The molecule has 0 bridgehead atoms. The van der Waals surface area contributed by atoms with Crippen molar-refractivity contribution in [3.63, 3.8) is 0 Å². The molecule has 0 amide bonds. The van der Waals surface area contributed by atoms with E-state index in [1.165, 1.54) is 12.2 Å². The zero-order chi connectivity index (χ0) is 21.7. The largest absolute Gasteiger partial charge is 0.457 e. The van der Waals surface area contributed by atoms with Crippen LogP contribution in [0.2, 0.25) is 0 Å². The second-order valence-electron chi connectivity index (χ2n) is 8.47. The van der Waals surface area contributed by atoms with Crippen molar-refractivity contribution >= 4 is 24.1 Å². The van der Waals surface area contributed by atoms with Gasteiger partial charge in [-0.15, -0.1) is 0 Å². The van der Waals surface area contributed by atoms with Crippen molar-refractivity contribution in [1.29, 1.82) is 0 Å². The molecule has 154 valence electrons. The number of carbonyl (C=O) groups excluding carboxylic acids is 2. The number of aromatic nitrogens is 2. The van der Waals surface area contributed by atoms with E-state index in [9.17, 15) is 9.59 Å². The molecule has 1 aromatic heterocycles. The van der Waals surface area contributed by atoms with Gasteiger partial charge in [0.1, 0.15) is 11.2 Å². The fourth-order valence-electron chi connectivity index (χ4n) is 2.50. The van der Waals surface area contributed by atoms with Gasteiger partial charge in [0.15, 0.2) is 0 Å². The third-order valence-corrected chi connectivity index (χ3v) is 3.44. The number of para-hydroxylation sites is 1. The van der Waals surface area contributed by atoms with E-state index >= 15 is 0 Å². The highest BCUT2D eigenvalue weighted by molar-refractivity contribution is 5.90. The molecule has 0 aliphatic heterocycles. The summed E-state index contributed by atoms with van der Waals surface area (Å²) in [5.41, 5.74) is 1.11. The van der Waals surface area contributed by atoms with Crippen LogP contribution in [0.3, 0.4) is 0 Å². The van der Waals surface area contributed by atoms with Crippen LogP contribution < -0.4 is 0 Å². The molecule has 1 heterocycles. The summed E-state index contributed by atoms with van der Waals surface area (Å²) in [5, 5.41) is 4.30. The summed E-state index contributed by atoms with van der Waals surface area (Å²) >= 11 is 0. The molecule has 6 nitrogen and oxygen atoms in total. The SMILES string of the molecule is CC(C)(C)OC(=O)/C=C/c1cccc(/C=C/C(=O)OC(C)(C)C)c1-n1cccn1. The average Bonchev–Trinajstić information content (AvgIpc) is 3.09. The summed E-state index contributed by atoms with van der Waals surface area (Å²) in [6.45, 7) is 10.9. The molecule has 2 rings (SSSR count). The van der Waals surface area contributed by atoms with Crippen molar-refractivity contribution in [2.75, 3.05) is 0 Å². The summed E-state index contributed by atoms with van der Waals surface area (Å²) in [6, 6.07) is 7.37. The molecule has 0 N–H and O–H groups in total. The molecule has 1 aromatic carbocycles. The average molecular weight is 396 g/mol. The predicted molar refractivity (Wildman–Crippen MR) is 113 cm³/mol. The normalized spacial score (nSPS) is 12.5. The molecule has 0 radical (unpaired) electrons. The summed E-state index contributed by atoms with van der Waals surface area (Å²) in [4.78, 5) is 24.1. The van der Waals surface area contributed by atoms with Crippen molar-refractivity contribution in [3.8, 4) is 5.69 Å². The first kappa shape index (κ1) is 22.1. The minimum absolute atomic E-state index is 0.432. The Kier molecular flexibility index (Phi) is 6.80. The van der Waals surface area contributed by atoms with Gasteiger partial charge in [-0.25, -0.2) is 14.3 Å². The number of nitrogens with zero attached hydrogens (tertiary/aromatic N) is 2. The van der Waals surface area contributed by atoms with Gasteiger partial charge in [-0.2, -0.15) is 5.10 Å². The van der Waals surface area contributed by atoms with Crippen LogP contribution in [0.1, 0.15) is 52.7 Å². The Labute approximate surface area is 171 Å². The van der Waals surface area contributed by atoms with Crippen LogP contribution in [0.5, 0.6) is 0 Å². The lowest BCUT2D eigenvalue weighted by Gasteiger charge is -2.18. The number of carbonyl (C=O) groups is 2. The smallest absolute Gasteiger partial charge is 0.331 e. The number of benzene rings is 1. The van der Waals surface area contributed by atoms with Crippen LogP contribution in [-0.2, 0) is 19.1 Å². The highest BCUT2D eigenvalue weighted by atomic mass is 16.6. The maximum absolute atomic E-state index is 12.1. The van der Waals surface area contributed by atoms with Crippen LogP contribution in [0, 0.1) is 0 Å². The summed E-state index contributed by atoms with van der Waals surface area (Å²) < 4.78 is 12.3. The van der Waals surface area contributed by atoms with E-state index in [4.69, 9.17) is 9.47 Å². The molecule has 0 atom stereocenters. The van der Waals surface area contributed by atoms with E-state index in [0.29, 0.717) is 0 Å². The number of ether oxygens (including phenoxy) is 2. The van der Waals surface area contributed by atoms with Crippen LogP contribution in [0.4, 0.5) is 0 Å². The van der Waals surface area contributed by atoms with E-state index in [0.717, 1.165) is 16.8 Å². The number of rotatable bonds is 5. The minimum Gasteiger partial charge on any atom is -0.457 e. The van der Waals surface area contributed by atoms with Crippen LogP contribution in [-0.4, -0.2) is 32.9 Å². The topological polar surface area (TPSA) is 70.4 Å². The summed E-state index contributed by atoms with van der Waals surface area (Å²) in [7, 11) is 0. The Morgan fingerprint density at radius 2 is 1.34 bits per heavy atom. The first-order chi connectivity index (χ1) is 13.4. The fraction of sp³-hybridized carbons (Fsp3) is 0.348. The van der Waals surface area contributed by atoms with Crippen molar-refractivity contribution in [2.24, 2.45) is 0 Å². The van der Waals surface area contributed by atoms with E-state index in [-0.39, 0.29) is 0 Å². The molecule has 0 unspecified atom stereocenters. The van der Waals surface area contributed by atoms with Crippen molar-refractivity contribution in [2.45, 2.75) is 52.7 Å². The van der Waals surface area contributed by atoms with Crippen molar-refractivity contribution in [1.82, 2.24) is 9.78 Å². The Bertz CT molecular complexity index is 855. The minimum atomic E-state index is -0.565. The highest BCUT2D eigenvalue weighted by Gasteiger charge is 2.16. The van der Waals surface area contributed by atoms with Gasteiger partial charge in [-0.3, -0.25) is 0 Å². The zero-order valence-electron chi connectivity index (χ0n) is 17.8. The standard InChI is InChI=1S/C23H28N2O4/c1-22(2,3)28-19(26)13-11-17-9-7-10-18(21(17)25-16-8-15-24-25)12-14-20(27)29-23(4,5)6/h7-16H,1-6H3/b13-11+,14-12+. The van der Waals surface area contributed by atoms with Crippen LogP contribution in [0.15, 0.2) is 48.8 Å². The highest BCUT2D eigenvalue weighted by Crippen LogP contribution is 2.23. The lowest BCUT2D eigenvalue weighted by Crippen LogP contribution is -2.22. The van der Waals surface area contributed by atoms with Crippen LogP contribution >= 0.6 is 0 Å². The quantitative estimate of drug-likeness (QED) is 0.546. The molecule has 0 saturated carbocycles. The maximum Gasteiger partial charge on any atom is 0.331 e. The molecule has 29 heavy (non-hydrogen) atoms. The third-order valence-electron chi connectivity index (χ3n) is 3.44. The first-order valence-electron chi connectivity index (χ1n) is 9.40. The summed E-state index contributed by atoms with van der Waals surface area (Å²) in [5.74, 6) is -0.864. The molecular weight excluding hydrogens is 368 g/mol. The van der Waals surface area contributed by atoms with Gasteiger partial charge >= 0.3 is 11.9 Å². The van der Waals surface area contributed by atoms with E-state index in [2.05, 4.69) is 5.10 Å². The molecule has 6 heteroatoms. The van der Waals surface area contributed by atoms with Gasteiger partial charge in [0.05, 0.1) is 5.69 Å². The second kappa shape index (κ2) is 8.90. The predicted octanol–water partition coefficient (Wildman–Crippen LogP) is 4.58. The lowest BCUT2D eigenvalue weighted by atomic mass is 10.1.